The van der Waals surface area contributed by atoms with Gasteiger partial charge in [0.25, 0.3) is 0 Å². The fourth-order valence-corrected chi connectivity index (χ4v) is 3.10. The zero-order valence-corrected chi connectivity index (χ0v) is 13.1. The summed E-state index contributed by atoms with van der Waals surface area (Å²) >= 11 is 0. The Kier molecular flexibility index (Phi) is 4.75. The van der Waals surface area contributed by atoms with Gasteiger partial charge >= 0.3 is 6.03 Å². The summed E-state index contributed by atoms with van der Waals surface area (Å²) in [6, 6.07) is 3.12. The lowest BCUT2D eigenvalue weighted by Crippen LogP contribution is -2.50. The van der Waals surface area contributed by atoms with E-state index in [-0.39, 0.29) is 37.1 Å². The molecule has 3 rings (SSSR count). The lowest BCUT2D eigenvalue weighted by atomic mass is 9.75. The van der Waals surface area contributed by atoms with Crippen molar-refractivity contribution in [1.29, 1.82) is 0 Å². The van der Waals surface area contributed by atoms with Gasteiger partial charge in [-0.15, -0.1) is 0 Å². The number of rotatable bonds is 6. The predicted octanol–water partition coefficient (Wildman–Crippen LogP) is -0.568. The van der Waals surface area contributed by atoms with Crippen LogP contribution in [0.3, 0.4) is 0 Å². The van der Waals surface area contributed by atoms with Crippen LogP contribution in [0.15, 0.2) is 24.5 Å². The van der Waals surface area contributed by atoms with Crippen LogP contribution >= 0.6 is 0 Å². The van der Waals surface area contributed by atoms with Crippen molar-refractivity contribution < 1.29 is 19.5 Å². The molecule has 8 nitrogen and oxygen atoms in total. The van der Waals surface area contributed by atoms with E-state index in [0.29, 0.717) is 19.3 Å². The zero-order chi connectivity index (χ0) is 17.1. The molecule has 2 fully saturated rings. The minimum absolute atomic E-state index is 0.0938. The first-order chi connectivity index (χ1) is 11.5. The quantitative estimate of drug-likeness (QED) is 0.604. The molecular weight excluding hydrogens is 312 g/mol. The third kappa shape index (κ3) is 3.88. The largest absolute Gasteiger partial charge is 0.393 e. The normalized spacial score (nSPS) is 24.3. The van der Waals surface area contributed by atoms with Crippen molar-refractivity contribution in [3.8, 4) is 0 Å². The Hall–Kier alpha value is -2.48. The molecule has 24 heavy (non-hydrogen) atoms. The van der Waals surface area contributed by atoms with Gasteiger partial charge in [-0.1, -0.05) is 0 Å². The van der Waals surface area contributed by atoms with Gasteiger partial charge in [0.1, 0.15) is 13.1 Å². The maximum absolute atomic E-state index is 12.3. The molecule has 8 heteroatoms. The van der Waals surface area contributed by atoms with Crippen molar-refractivity contribution in [2.75, 3.05) is 13.1 Å². The van der Waals surface area contributed by atoms with Gasteiger partial charge in [-0.05, 0) is 42.9 Å². The highest BCUT2D eigenvalue weighted by atomic mass is 16.3. The summed E-state index contributed by atoms with van der Waals surface area (Å²) in [7, 11) is 0. The van der Waals surface area contributed by atoms with Crippen LogP contribution in [0, 0.1) is 5.92 Å². The molecule has 2 aliphatic rings. The van der Waals surface area contributed by atoms with Gasteiger partial charge in [0.2, 0.25) is 11.8 Å². The zero-order valence-electron chi connectivity index (χ0n) is 13.1. The molecule has 0 unspecified atom stereocenters. The number of aliphatic hydroxyl groups is 1. The second-order valence-corrected chi connectivity index (χ2v) is 6.33. The minimum atomic E-state index is -0.542. The fourth-order valence-electron chi connectivity index (χ4n) is 3.10. The molecule has 3 N–H and O–H groups in total. The Bertz CT molecular complexity index is 630. The van der Waals surface area contributed by atoms with E-state index < -0.39 is 11.9 Å². The van der Waals surface area contributed by atoms with Crippen molar-refractivity contribution in [2.45, 2.75) is 31.4 Å². The number of aliphatic hydroxyl groups excluding tert-OH is 1. The molecule has 1 aromatic heterocycles. The van der Waals surface area contributed by atoms with E-state index in [0.717, 1.165) is 5.56 Å². The number of carbonyl (C=O) groups excluding carboxylic acids is 3. The van der Waals surface area contributed by atoms with Crippen molar-refractivity contribution >= 4 is 17.8 Å². The number of hydrogen-bond donors (Lipinski definition) is 3. The predicted molar refractivity (Wildman–Crippen MR) is 83.7 cm³/mol. The van der Waals surface area contributed by atoms with Crippen LogP contribution in [-0.2, 0) is 16.0 Å². The first-order valence-corrected chi connectivity index (χ1v) is 7.96. The van der Waals surface area contributed by atoms with Gasteiger partial charge in [-0.2, -0.15) is 0 Å². The summed E-state index contributed by atoms with van der Waals surface area (Å²) in [6.07, 6.45) is 5.02. The van der Waals surface area contributed by atoms with E-state index >= 15 is 0 Å². The van der Waals surface area contributed by atoms with Gasteiger partial charge < -0.3 is 15.3 Å². The topological polar surface area (TPSA) is 112 Å². The van der Waals surface area contributed by atoms with Gasteiger partial charge in [0, 0.05) is 18.4 Å². The molecule has 0 radical (unpaired) electrons. The molecule has 1 saturated heterocycles. The molecule has 0 bridgehead atoms. The van der Waals surface area contributed by atoms with Crippen molar-refractivity contribution in [2.24, 2.45) is 5.92 Å². The summed E-state index contributed by atoms with van der Waals surface area (Å²) in [5.74, 6) is -0.505. The highest BCUT2D eigenvalue weighted by Crippen LogP contribution is 2.31. The molecule has 0 aromatic carbocycles. The summed E-state index contributed by atoms with van der Waals surface area (Å²) in [5, 5.41) is 14.6. The lowest BCUT2D eigenvalue weighted by Gasteiger charge is -2.38. The van der Waals surface area contributed by atoms with Crippen LogP contribution in [0.1, 0.15) is 18.4 Å². The van der Waals surface area contributed by atoms with E-state index in [9.17, 15) is 19.5 Å². The van der Waals surface area contributed by atoms with E-state index in [1.54, 1.807) is 12.4 Å². The van der Waals surface area contributed by atoms with Crippen LogP contribution in [0.25, 0.3) is 0 Å². The maximum atomic E-state index is 12.3. The average molecular weight is 332 g/mol. The Morgan fingerprint density at radius 1 is 1.38 bits per heavy atom. The van der Waals surface area contributed by atoms with Crippen molar-refractivity contribution in [1.82, 2.24) is 20.5 Å². The second-order valence-electron chi connectivity index (χ2n) is 6.33. The molecule has 1 aromatic rings. The number of nitrogens with zero attached hydrogens (tertiary/aromatic N) is 2. The molecule has 1 atom stereocenters. The number of nitrogens with one attached hydrogen (secondary N) is 2. The first kappa shape index (κ1) is 16.4. The third-order valence-electron chi connectivity index (χ3n) is 4.47. The highest BCUT2D eigenvalue weighted by Gasteiger charge is 2.35. The van der Waals surface area contributed by atoms with E-state index in [1.165, 1.54) is 4.90 Å². The number of carbonyl (C=O) groups is 3. The van der Waals surface area contributed by atoms with Crippen LogP contribution < -0.4 is 10.6 Å². The van der Waals surface area contributed by atoms with Crippen molar-refractivity contribution in [3.05, 3.63) is 30.1 Å². The van der Waals surface area contributed by atoms with Gasteiger partial charge in [0.15, 0.2) is 0 Å². The van der Waals surface area contributed by atoms with E-state index in [1.807, 2.05) is 12.1 Å². The van der Waals surface area contributed by atoms with E-state index in [2.05, 4.69) is 15.6 Å². The number of amides is 4. The number of pyridine rings is 1. The molecule has 128 valence electrons. The Morgan fingerprint density at radius 3 is 2.67 bits per heavy atom. The number of imide groups is 1. The van der Waals surface area contributed by atoms with E-state index in [4.69, 9.17) is 0 Å². The average Bonchev–Trinajstić information content (AvgIpc) is 2.82. The number of urea groups is 1. The molecule has 1 aliphatic heterocycles. The first-order valence-electron chi connectivity index (χ1n) is 7.96. The van der Waals surface area contributed by atoms with Crippen LogP contribution in [0.4, 0.5) is 4.79 Å². The molecule has 4 amide bonds. The molecule has 1 saturated carbocycles. The molecule has 1 aliphatic carbocycles. The number of hydrogen-bond acceptors (Lipinski definition) is 5. The maximum Gasteiger partial charge on any atom is 0.325 e. The summed E-state index contributed by atoms with van der Waals surface area (Å²) in [4.78, 5) is 40.1. The monoisotopic (exact) mass is 332 g/mol. The smallest absolute Gasteiger partial charge is 0.325 e. The van der Waals surface area contributed by atoms with Crippen molar-refractivity contribution in [3.63, 3.8) is 0 Å². The fraction of sp³-hybridized carbons (Fsp3) is 0.500. The van der Waals surface area contributed by atoms with Gasteiger partial charge in [-0.25, -0.2) is 4.79 Å². The SMILES string of the molecule is O=C1CN(CC(=O)N[C@@H](Cc2ccncc2)C2CC(O)C2)C(=O)N1. The van der Waals surface area contributed by atoms with Crippen LogP contribution in [0.2, 0.25) is 0 Å². The molecular formula is C16H20N4O4. The van der Waals surface area contributed by atoms with Crippen LogP contribution in [-0.4, -0.2) is 58.1 Å². The summed E-state index contributed by atoms with van der Waals surface area (Å²) in [6.45, 7) is -0.247. The standard InChI is InChI=1S/C16H20N4O4/c21-12-6-11(7-12)13(5-10-1-3-17-4-2-10)18-14(22)8-20-9-15(23)19-16(20)24/h1-4,11-13,21H,5-9H2,(H,18,22)(H,19,23,24)/t11?,12?,13-/m0/s1. The minimum Gasteiger partial charge on any atom is -0.393 e. The third-order valence-corrected chi connectivity index (χ3v) is 4.47. The van der Waals surface area contributed by atoms with Crippen LogP contribution in [0.5, 0.6) is 0 Å². The number of aromatic nitrogens is 1. The Morgan fingerprint density at radius 2 is 2.08 bits per heavy atom. The van der Waals surface area contributed by atoms with Gasteiger partial charge in [-0.3, -0.25) is 19.9 Å². The summed E-state index contributed by atoms with van der Waals surface area (Å²) < 4.78 is 0. The molecule has 0 spiro atoms. The second kappa shape index (κ2) is 6.96. The molecule has 2 heterocycles. The highest BCUT2D eigenvalue weighted by molar-refractivity contribution is 6.03. The lowest BCUT2D eigenvalue weighted by molar-refractivity contribution is -0.123. The Labute approximate surface area is 139 Å². The van der Waals surface area contributed by atoms with Gasteiger partial charge in [0.05, 0.1) is 6.10 Å². The summed E-state index contributed by atoms with van der Waals surface area (Å²) in [5.41, 5.74) is 1.05. The Balaban J connectivity index is 1.59.